The Morgan fingerprint density at radius 3 is 2.55 bits per heavy atom. The molecule has 0 aliphatic carbocycles. The van der Waals surface area contributed by atoms with E-state index in [1.807, 2.05) is 4.90 Å². The zero-order valence-corrected chi connectivity index (χ0v) is 19.3. The fourth-order valence-corrected chi connectivity index (χ4v) is 5.36. The third kappa shape index (κ3) is 5.10. The molecule has 0 N–H and O–H groups in total. The van der Waals surface area contributed by atoms with Gasteiger partial charge in [-0.3, -0.25) is 4.79 Å². The average Bonchev–Trinajstić information content (AvgIpc) is 3.23. The number of hydrogen-bond donors (Lipinski definition) is 0. The summed E-state index contributed by atoms with van der Waals surface area (Å²) in [6, 6.07) is 13.3. The molecule has 3 nitrogen and oxygen atoms in total. The van der Waals surface area contributed by atoms with E-state index in [1.165, 1.54) is 16.0 Å². The van der Waals surface area contributed by atoms with Crippen molar-refractivity contribution in [2.24, 2.45) is 5.92 Å². The van der Waals surface area contributed by atoms with Crippen LogP contribution < -0.4 is 0 Å². The quantitative estimate of drug-likeness (QED) is 0.546. The Hall–Kier alpha value is -1.65. The van der Waals surface area contributed by atoms with Gasteiger partial charge < -0.3 is 9.64 Å². The van der Waals surface area contributed by atoms with Crippen molar-refractivity contribution in [1.82, 2.24) is 4.90 Å². The summed E-state index contributed by atoms with van der Waals surface area (Å²) in [5, 5.41) is 2.09. The number of thiophene rings is 1. The lowest BCUT2D eigenvalue weighted by Gasteiger charge is -2.44. The van der Waals surface area contributed by atoms with Gasteiger partial charge in [-0.15, -0.1) is 11.3 Å². The lowest BCUT2D eigenvalue weighted by molar-refractivity contribution is -0.131. The van der Waals surface area contributed by atoms with Crippen molar-refractivity contribution in [2.75, 3.05) is 13.2 Å². The second-order valence-electron chi connectivity index (χ2n) is 8.91. The Labute approximate surface area is 180 Å². The summed E-state index contributed by atoms with van der Waals surface area (Å²) in [5.41, 5.74) is 2.74. The number of benzene rings is 1. The molecule has 1 aliphatic rings. The summed E-state index contributed by atoms with van der Waals surface area (Å²) in [4.78, 5) is 15.8. The molecular weight excluding hydrogens is 378 g/mol. The van der Waals surface area contributed by atoms with E-state index in [2.05, 4.69) is 69.5 Å². The van der Waals surface area contributed by atoms with E-state index in [4.69, 9.17) is 4.74 Å². The van der Waals surface area contributed by atoms with Gasteiger partial charge >= 0.3 is 0 Å². The van der Waals surface area contributed by atoms with Gasteiger partial charge in [-0.1, -0.05) is 49.7 Å². The van der Waals surface area contributed by atoms with Crippen LogP contribution in [0.2, 0.25) is 0 Å². The van der Waals surface area contributed by atoms with E-state index in [-0.39, 0.29) is 23.5 Å². The van der Waals surface area contributed by atoms with Gasteiger partial charge in [0.1, 0.15) is 0 Å². The van der Waals surface area contributed by atoms with Gasteiger partial charge in [0.15, 0.2) is 0 Å². The van der Waals surface area contributed by atoms with Crippen LogP contribution in [0.25, 0.3) is 0 Å². The van der Waals surface area contributed by atoms with Crippen molar-refractivity contribution < 1.29 is 9.53 Å². The molecule has 0 spiro atoms. The number of rotatable bonds is 7. The molecule has 0 unspecified atom stereocenters. The number of hydrogen-bond acceptors (Lipinski definition) is 3. The zero-order valence-electron chi connectivity index (χ0n) is 18.5. The van der Waals surface area contributed by atoms with Crippen LogP contribution in [0, 0.1) is 12.8 Å². The number of amides is 1. The second kappa shape index (κ2) is 9.44. The van der Waals surface area contributed by atoms with Crippen LogP contribution in [-0.2, 0) is 14.9 Å². The summed E-state index contributed by atoms with van der Waals surface area (Å²) >= 11 is 1.73. The van der Waals surface area contributed by atoms with Crippen molar-refractivity contribution in [1.29, 1.82) is 0 Å². The molecule has 3 rings (SSSR count). The van der Waals surface area contributed by atoms with Crippen molar-refractivity contribution in [2.45, 2.75) is 71.4 Å². The van der Waals surface area contributed by atoms with Crippen molar-refractivity contribution >= 4 is 17.2 Å². The average molecular weight is 414 g/mol. The minimum atomic E-state index is 0.0593. The molecule has 29 heavy (non-hydrogen) atoms. The first kappa shape index (κ1) is 22.0. The second-order valence-corrected chi connectivity index (χ2v) is 9.89. The first-order valence-electron chi connectivity index (χ1n) is 10.8. The molecular formula is C25H35NO2S. The first-order valence-corrected chi connectivity index (χ1v) is 11.7. The van der Waals surface area contributed by atoms with Crippen LogP contribution >= 0.6 is 11.3 Å². The Balaban J connectivity index is 1.86. The molecule has 2 aromatic rings. The lowest BCUT2D eigenvalue weighted by atomic mass is 9.68. The summed E-state index contributed by atoms with van der Waals surface area (Å²) in [7, 11) is 0. The number of ether oxygens (including phenoxy) is 1. The molecule has 4 heteroatoms. The van der Waals surface area contributed by atoms with E-state index >= 15 is 0 Å². The van der Waals surface area contributed by atoms with Crippen LogP contribution in [0.4, 0.5) is 0 Å². The van der Waals surface area contributed by atoms with Gasteiger partial charge in [-0.2, -0.15) is 0 Å². The predicted molar refractivity (Wildman–Crippen MR) is 121 cm³/mol. The molecule has 0 radical (unpaired) electrons. The van der Waals surface area contributed by atoms with E-state index < -0.39 is 0 Å². The van der Waals surface area contributed by atoms with Crippen molar-refractivity contribution in [3.05, 3.63) is 57.8 Å². The standard InChI is InChI=1S/C25H35NO2S/c1-18(2)23-17-25(13-15-28-23,22-10-8-19(3)9-11-22)12-14-26(21(5)27)20(4)24-7-6-16-29-24/h6-11,16,18,20,23H,12-15,17H2,1-5H3/t20-,23+,25-/m1/s1. The number of carbonyl (C=O) groups is 1. The summed E-state index contributed by atoms with van der Waals surface area (Å²) in [5.74, 6) is 0.645. The topological polar surface area (TPSA) is 29.5 Å². The first-order chi connectivity index (χ1) is 13.8. The molecule has 1 aliphatic heterocycles. The highest BCUT2D eigenvalue weighted by molar-refractivity contribution is 7.10. The van der Waals surface area contributed by atoms with Crippen LogP contribution in [0.1, 0.15) is 69.0 Å². The normalized spacial score (nSPS) is 23.2. The monoisotopic (exact) mass is 413 g/mol. The fraction of sp³-hybridized carbons (Fsp3) is 0.560. The van der Waals surface area contributed by atoms with E-state index in [9.17, 15) is 4.79 Å². The molecule has 1 aromatic heterocycles. The molecule has 0 saturated carbocycles. The van der Waals surface area contributed by atoms with Gasteiger partial charge in [-0.05, 0) is 56.0 Å². The van der Waals surface area contributed by atoms with Crippen LogP contribution in [0.15, 0.2) is 41.8 Å². The van der Waals surface area contributed by atoms with E-state index in [1.54, 1.807) is 18.3 Å². The Kier molecular flexibility index (Phi) is 7.18. The molecule has 3 atom stereocenters. The van der Waals surface area contributed by atoms with Gasteiger partial charge in [0.25, 0.3) is 0 Å². The lowest BCUT2D eigenvalue weighted by Crippen LogP contribution is -2.44. The maximum atomic E-state index is 12.5. The summed E-state index contributed by atoms with van der Waals surface area (Å²) in [6.45, 7) is 12.0. The predicted octanol–water partition coefficient (Wildman–Crippen LogP) is 6.13. The Morgan fingerprint density at radius 1 is 1.24 bits per heavy atom. The minimum Gasteiger partial charge on any atom is -0.378 e. The van der Waals surface area contributed by atoms with E-state index in [0.717, 1.165) is 32.4 Å². The maximum Gasteiger partial charge on any atom is 0.219 e. The molecule has 1 amide bonds. The highest BCUT2D eigenvalue weighted by atomic mass is 32.1. The Morgan fingerprint density at radius 2 is 1.97 bits per heavy atom. The van der Waals surface area contributed by atoms with Crippen LogP contribution in [0.3, 0.4) is 0 Å². The number of aryl methyl sites for hydroxylation is 1. The maximum absolute atomic E-state index is 12.5. The minimum absolute atomic E-state index is 0.0593. The number of carbonyl (C=O) groups excluding carboxylic acids is 1. The highest BCUT2D eigenvalue weighted by Gasteiger charge is 2.40. The molecule has 158 valence electrons. The summed E-state index contributed by atoms with van der Waals surface area (Å²) in [6.07, 6.45) is 3.27. The van der Waals surface area contributed by atoms with E-state index in [0.29, 0.717) is 5.92 Å². The van der Waals surface area contributed by atoms with Gasteiger partial charge in [0.2, 0.25) is 5.91 Å². The van der Waals surface area contributed by atoms with Crippen molar-refractivity contribution in [3.63, 3.8) is 0 Å². The van der Waals surface area contributed by atoms with Gasteiger partial charge in [0.05, 0.1) is 12.1 Å². The zero-order chi connectivity index (χ0) is 21.0. The smallest absolute Gasteiger partial charge is 0.219 e. The largest absolute Gasteiger partial charge is 0.378 e. The summed E-state index contributed by atoms with van der Waals surface area (Å²) < 4.78 is 6.12. The molecule has 2 heterocycles. The fourth-order valence-electron chi connectivity index (χ4n) is 4.56. The Bertz CT molecular complexity index is 784. The number of nitrogens with zero attached hydrogens (tertiary/aromatic N) is 1. The highest BCUT2D eigenvalue weighted by Crippen LogP contribution is 2.42. The molecule has 1 fully saturated rings. The SMILES string of the molecule is CC(=O)N(CC[C@@]1(c2ccc(C)cc2)CCO[C@H](C(C)C)C1)[C@H](C)c1cccs1. The third-order valence-electron chi connectivity index (χ3n) is 6.57. The van der Waals surface area contributed by atoms with Crippen LogP contribution in [0.5, 0.6) is 0 Å². The molecule has 1 aromatic carbocycles. The van der Waals surface area contributed by atoms with Gasteiger partial charge in [-0.25, -0.2) is 0 Å². The van der Waals surface area contributed by atoms with Crippen molar-refractivity contribution in [3.8, 4) is 0 Å². The van der Waals surface area contributed by atoms with Crippen LogP contribution in [-0.4, -0.2) is 30.1 Å². The molecule has 1 saturated heterocycles. The third-order valence-corrected chi connectivity index (χ3v) is 7.61. The molecule has 0 bridgehead atoms. The van der Waals surface area contributed by atoms with Gasteiger partial charge in [0, 0.05) is 30.4 Å².